The Bertz CT molecular complexity index is 1070. The van der Waals surface area contributed by atoms with Gasteiger partial charge in [-0.05, 0) is 69.4 Å². The summed E-state index contributed by atoms with van der Waals surface area (Å²) >= 11 is 0. The number of ether oxygens (including phenoxy) is 2. The van der Waals surface area contributed by atoms with Crippen molar-refractivity contribution in [2.75, 3.05) is 13.2 Å². The molecule has 0 saturated carbocycles. The third-order valence-electron chi connectivity index (χ3n) is 5.21. The fourth-order valence-electron chi connectivity index (χ4n) is 3.71. The van der Waals surface area contributed by atoms with E-state index in [0.717, 1.165) is 47.3 Å². The lowest BCUT2D eigenvalue weighted by Gasteiger charge is -2.24. The smallest absolute Gasteiger partial charge is 0.426 e. The van der Waals surface area contributed by atoms with E-state index in [1.807, 2.05) is 69.3 Å². The van der Waals surface area contributed by atoms with Crippen molar-refractivity contribution in [1.82, 2.24) is 10.4 Å². The lowest BCUT2D eigenvalue weighted by molar-refractivity contribution is 0.0393. The highest BCUT2D eigenvalue weighted by molar-refractivity contribution is 6.24. The third kappa shape index (κ3) is 6.63. The first-order valence-corrected chi connectivity index (χ1v) is 11.5. The number of carbonyl (C=O) groups is 1. The molecule has 0 bridgehead atoms. The van der Waals surface area contributed by atoms with Crippen molar-refractivity contribution >= 4 is 11.8 Å². The highest BCUT2D eigenvalue weighted by Crippen LogP contribution is 2.38. The van der Waals surface area contributed by atoms with Crippen LogP contribution >= 0.6 is 0 Å². The van der Waals surface area contributed by atoms with Gasteiger partial charge in [-0.1, -0.05) is 48.2 Å². The van der Waals surface area contributed by atoms with Gasteiger partial charge in [0.25, 0.3) is 0 Å². The normalized spacial score (nSPS) is 13.4. The van der Waals surface area contributed by atoms with E-state index in [1.165, 1.54) is 0 Å². The minimum absolute atomic E-state index is 0.455. The van der Waals surface area contributed by atoms with Crippen LogP contribution in [0.5, 0.6) is 5.75 Å². The van der Waals surface area contributed by atoms with Gasteiger partial charge in [0, 0.05) is 23.9 Å². The Balaban J connectivity index is 1.39. The van der Waals surface area contributed by atoms with Crippen molar-refractivity contribution in [3.8, 4) is 16.9 Å². The van der Waals surface area contributed by atoms with Crippen LogP contribution in [0.4, 0.5) is 4.79 Å². The zero-order valence-corrected chi connectivity index (χ0v) is 20.1. The molecule has 0 spiro atoms. The maximum Gasteiger partial charge on any atom is 0.426 e. The average molecular weight is 464 g/mol. The Morgan fingerprint density at radius 1 is 1.09 bits per heavy atom. The number of benzene rings is 2. The first-order chi connectivity index (χ1) is 16.3. The van der Waals surface area contributed by atoms with Crippen LogP contribution in [0.15, 0.2) is 72.6 Å². The number of carbonyl (C=O) groups excluding carboxylic acids is 1. The predicted molar refractivity (Wildman–Crippen MR) is 134 cm³/mol. The molecular formula is C27H33N3O4. The molecule has 1 amide bonds. The molecule has 0 fully saturated rings. The van der Waals surface area contributed by atoms with Crippen LogP contribution in [-0.2, 0) is 4.74 Å². The largest absolute Gasteiger partial charge is 0.490 e. The Morgan fingerprint density at radius 2 is 1.82 bits per heavy atom. The molecule has 3 rings (SSSR count). The van der Waals surface area contributed by atoms with Gasteiger partial charge in [-0.25, -0.2) is 10.2 Å². The van der Waals surface area contributed by atoms with Gasteiger partial charge in [0.05, 0.1) is 0 Å². The molecule has 1 aliphatic carbocycles. The average Bonchev–Trinajstić information content (AvgIpc) is 3.11. The Morgan fingerprint density at radius 3 is 2.53 bits per heavy atom. The number of nitrogens with zero attached hydrogens (tertiary/aromatic N) is 2. The molecule has 2 aromatic carbocycles. The number of fused-ring (bicyclic) bond motifs is 3. The Kier molecular flexibility index (Phi) is 8.35. The van der Waals surface area contributed by atoms with Crippen molar-refractivity contribution in [1.29, 1.82) is 0 Å². The molecule has 1 aliphatic rings. The highest BCUT2D eigenvalue weighted by atomic mass is 16.6. The van der Waals surface area contributed by atoms with Crippen molar-refractivity contribution in [3.05, 3.63) is 78.5 Å². The van der Waals surface area contributed by atoms with Crippen LogP contribution in [0, 0.1) is 0 Å². The SMILES string of the molecule is C=CN(CCCC/C=C/COc1ccc2c(c1)/C(=N/O)c1ccccc1-2)NC(=O)OC(C)(C)C. The number of allylic oxidation sites excluding steroid dienone is 1. The summed E-state index contributed by atoms with van der Waals surface area (Å²) in [6.45, 7) is 10.3. The van der Waals surface area contributed by atoms with Crippen molar-refractivity contribution in [2.24, 2.45) is 5.16 Å². The molecule has 7 heteroatoms. The molecule has 0 aliphatic heterocycles. The maximum absolute atomic E-state index is 11.8. The fourth-order valence-corrected chi connectivity index (χ4v) is 3.71. The number of nitrogens with one attached hydrogen (secondary N) is 1. The minimum Gasteiger partial charge on any atom is -0.490 e. The minimum atomic E-state index is -0.538. The zero-order valence-electron chi connectivity index (χ0n) is 20.1. The van der Waals surface area contributed by atoms with Gasteiger partial charge in [-0.15, -0.1) is 0 Å². The summed E-state index contributed by atoms with van der Waals surface area (Å²) in [6, 6.07) is 13.7. The van der Waals surface area contributed by atoms with Gasteiger partial charge in [-0.3, -0.25) is 5.01 Å². The maximum atomic E-state index is 11.8. The topological polar surface area (TPSA) is 83.4 Å². The molecular weight excluding hydrogens is 430 g/mol. The first-order valence-electron chi connectivity index (χ1n) is 11.5. The number of hydrazine groups is 1. The Hall–Kier alpha value is -3.74. The standard InChI is InChI=1S/C27H33N3O4/c1-5-30(28-26(31)34-27(2,3)4)17-11-7-6-8-12-18-33-20-15-16-22-21-13-9-10-14-23(21)25(29-32)24(22)19-20/h5,8-10,12-16,19,32H,1,6-7,11,17-18H2,2-4H3,(H,28,31)/b12-8+,29-25+. The summed E-state index contributed by atoms with van der Waals surface area (Å²) in [4.78, 5) is 11.8. The summed E-state index contributed by atoms with van der Waals surface area (Å²) in [7, 11) is 0. The van der Waals surface area contributed by atoms with E-state index < -0.39 is 11.7 Å². The van der Waals surface area contributed by atoms with E-state index in [9.17, 15) is 10.0 Å². The molecule has 0 aromatic heterocycles. The predicted octanol–water partition coefficient (Wildman–Crippen LogP) is 5.88. The van der Waals surface area contributed by atoms with Crippen LogP contribution in [0.25, 0.3) is 11.1 Å². The summed E-state index contributed by atoms with van der Waals surface area (Å²) < 4.78 is 11.1. The number of hydrogen-bond donors (Lipinski definition) is 2. The van der Waals surface area contributed by atoms with Gasteiger partial charge in [0.2, 0.25) is 0 Å². The van der Waals surface area contributed by atoms with Crippen molar-refractivity contribution < 1.29 is 19.5 Å². The van der Waals surface area contributed by atoms with E-state index in [0.29, 0.717) is 18.9 Å². The Labute approximate surface area is 201 Å². The number of oxime groups is 1. The van der Waals surface area contributed by atoms with Crippen LogP contribution in [-0.4, -0.2) is 40.8 Å². The number of rotatable bonds is 10. The van der Waals surface area contributed by atoms with Crippen molar-refractivity contribution in [2.45, 2.75) is 45.6 Å². The van der Waals surface area contributed by atoms with Gasteiger partial charge in [-0.2, -0.15) is 0 Å². The molecule has 0 radical (unpaired) electrons. The summed E-state index contributed by atoms with van der Waals surface area (Å²) in [5.41, 5.74) is 6.61. The highest BCUT2D eigenvalue weighted by Gasteiger charge is 2.25. The molecule has 0 saturated heterocycles. The molecule has 0 heterocycles. The molecule has 2 aromatic rings. The zero-order chi connectivity index (χ0) is 24.6. The van der Waals surface area contributed by atoms with E-state index in [-0.39, 0.29) is 0 Å². The van der Waals surface area contributed by atoms with Crippen LogP contribution in [0.1, 0.15) is 51.2 Å². The monoisotopic (exact) mass is 463 g/mol. The molecule has 2 N–H and O–H groups in total. The quantitative estimate of drug-likeness (QED) is 0.170. The van der Waals surface area contributed by atoms with Gasteiger partial charge in [0.1, 0.15) is 23.7 Å². The number of unbranched alkanes of at least 4 members (excludes halogenated alkanes) is 2. The van der Waals surface area contributed by atoms with Crippen LogP contribution in [0.3, 0.4) is 0 Å². The van der Waals surface area contributed by atoms with E-state index in [1.54, 1.807) is 11.2 Å². The second kappa shape index (κ2) is 11.4. The molecule has 0 unspecified atom stereocenters. The summed E-state index contributed by atoms with van der Waals surface area (Å²) in [6.07, 6.45) is 7.93. The second-order valence-electron chi connectivity index (χ2n) is 8.97. The molecule has 7 nitrogen and oxygen atoms in total. The van der Waals surface area contributed by atoms with E-state index in [2.05, 4.69) is 23.2 Å². The van der Waals surface area contributed by atoms with E-state index in [4.69, 9.17) is 9.47 Å². The summed E-state index contributed by atoms with van der Waals surface area (Å²) in [5.74, 6) is 0.729. The van der Waals surface area contributed by atoms with Gasteiger partial charge in [0.15, 0.2) is 0 Å². The van der Waals surface area contributed by atoms with Crippen molar-refractivity contribution in [3.63, 3.8) is 0 Å². The van der Waals surface area contributed by atoms with Crippen LogP contribution < -0.4 is 10.2 Å². The third-order valence-corrected chi connectivity index (χ3v) is 5.21. The number of hydrogen-bond acceptors (Lipinski definition) is 6. The first kappa shape index (κ1) is 24.9. The lowest BCUT2D eigenvalue weighted by Crippen LogP contribution is -2.42. The van der Waals surface area contributed by atoms with Gasteiger partial charge < -0.3 is 14.7 Å². The fraction of sp³-hybridized carbons (Fsp3) is 0.333. The van der Waals surface area contributed by atoms with Gasteiger partial charge >= 0.3 is 6.09 Å². The molecule has 0 atom stereocenters. The summed E-state index contributed by atoms with van der Waals surface area (Å²) in [5, 5.41) is 14.6. The second-order valence-corrected chi connectivity index (χ2v) is 8.97. The van der Waals surface area contributed by atoms with Crippen LogP contribution in [0.2, 0.25) is 0 Å². The van der Waals surface area contributed by atoms with E-state index >= 15 is 0 Å². The molecule has 34 heavy (non-hydrogen) atoms. The molecule has 180 valence electrons. The lowest BCUT2D eigenvalue weighted by atomic mass is 10.1. The number of amides is 1.